The lowest BCUT2D eigenvalue weighted by Crippen LogP contribution is -2.31. The van der Waals surface area contributed by atoms with Crippen LogP contribution in [0.3, 0.4) is 0 Å². The van der Waals surface area contributed by atoms with Crippen molar-refractivity contribution in [2.75, 3.05) is 39.2 Å². The highest BCUT2D eigenvalue weighted by molar-refractivity contribution is 5.96. The van der Waals surface area contributed by atoms with Gasteiger partial charge in [-0.05, 0) is 62.6 Å². The number of benzene rings is 2. The molecule has 1 aliphatic rings. The summed E-state index contributed by atoms with van der Waals surface area (Å²) in [6.45, 7) is 1.77. The van der Waals surface area contributed by atoms with Crippen LogP contribution in [0, 0.1) is 5.92 Å². The summed E-state index contributed by atoms with van der Waals surface area (Å²) in [4.78, 5) is 33.4. The Bertz CT molecular complexity index is 1110. The third-order valence-electron chi connectivity index (χ3n) is 5.72. The van der Waals surface area contributed by atoms with E-state index in [0.29, 0.717) is 30.8 Å². The normalized spacial score (nSPS) is 15.8. The third kappa shape index (κ3) is 5.23. The van der Waals surface area contributed by atoms with Crippen LogP contribution in [0.25, 0.3) is 5.69 Å². The highest BCUT2D eigenvalue weighted by atomic mass is 16.5. The van der Waals surface area contributed by atoms with Crippen molar-refractivity contribution in [1.82, 2.24) is 19.8 Å². The highest BCUT2D eigenvalue weighted by Gasteiger charge is 2.30. The molecule has 172 valence electrons. The second kappa shape index (κ2) is 9.87. The van der Waals surface area contributed by atoms with Crippen molar-refractivity contribution in [3.8, 4) is 11.4 Å². The van der Waals surface area contributed by atoms with Crippen LogP contribution in [0.2, 0.25) is 0 Å². The number of anilines is 1. The quantitative estimate of drug-likeness (QED) is 0.574. The number of aromatic nitrogens is 2. The summed E-state index contributed by atoms with van der Waals surface area (Å²) >= 11 is 0. The number of rotatable bonds is 8. The van der Waals surface area contributed by atoms with Crippen molar-refractivity contribution >= 4 is 17.5 Å². The second-order valence-electron chi connectivity index (χ2n) is 8.48. The van der Waals surface area contributed by atoms with Gasteiger partial charge in [-0.1, -0.05) is 0 Å². The molecule has 2 amide bonds. The molecular weight excluding hydrogens is 418 g/mol. The van der Waals surface area contributed by atoms with Gasteiger partial charge in [-0.15, -0.1) is 0 Å². The van der Waals surface area contributed by atoms with Gasteiger partial charge in [-0.25, -0.2) is 4.98 Å². The number of hydrogen-bond donors (Lipinski definition) is 1. The number of hydrogen-bond acceptors (Lipinski definition) is 5. The number of nitrogens with one attached hydrogen (secondary N) is 1. The molecule has 1 N–H and O–H groups in total. The SMILES string of the molecule is COc1ccc(C(=O)NCC2CC(=O)N(c3ccc(-n4ccnc4CN(C)C)cc3)C2)cc1. The van der Waals surface area contributed by atoms with Crippen LogP contribution in [0.15, 0.2) is 60.9 Å². The Kier molecular flexibility index (Phi) is 6.74. The predicted octanol–water partition coefficient (Wildman–Crippen LogP) is 2.73. The fourth-order valence-corrected chi connectivity index (χ4v) is 4.01. The maximum absolute atomic E-state index is 12.6. The van der Waals surface area contributed by atoms with Crippen LogP contribution in [-0.2, 0) is 11.3 Å². The average Bonchev–Trinajstić information content (AvgIpc) is 3.43. The molecule has 1 aliphatic heterocycles. The molecule has 1 saturated heterocycles. The van der Waals surface area contributed by atoms with E-state index < -0.39 is 0 Å². The van der Waals surface area contributed by atoms with E-state index in [-0.39, 0.29) is 17.7 Å². The Balaban J connectivity index is 1.36. The lowest BCUT2D eigenvalue weighted by atomic mass is 10.1. The van der Waals surface area contributed by atoms with E-state index >= 15 is 0 Å². The first kappa shape index (κ1) is 22.5. The summed E-state index contributed by atoms with van der Waals surface area (Å²) in [5.41, 5.74) is 2.44. The number of ether oxygens (including phenoxy) is 1. The van der Waals surface area contributed by atoms with Crippen LogP contribution in [0.4, 0.5) is 5.69 Å². The smallest absolute Gasteiger partial charge is 0.251 e. The standard InChI is InChI=1S/C25H29N5O3/c1-28(2)17-23-26-12-13-29(23)20-6-8-21(9-7-20)30-16-18(14-24(30)31)15-27-25(32)19-4-10-22(33-3)11-5-19/h4-13,18H,14-17H2,1-3H3,(H,27,32). The zero-order valence-corrected chi connectivity index (χ0v) is 19.2. The Labute approximate surface area is 193 Å². The van der Waals surface area contributed by atoms with Crippen molar-refractivity contribution in [1.29, 1.82) is 0 Å². The fraction of sp³-hybridized carbons (Fsp3) is 0.320. The molecule has 2 aromatic carbocycles. The number of carbonyl (C=O) groups is 2. The van der Waals surface area contributed by atoms with Gasteiger partial charge in [-0.2, -0.15) is 0 Å². The third-order valence-corrected chi connectivity index (χ3v) is 5.72. The molecule has 1 unspecified atom stereocenters. The summed E-state index contributed by atoms with van der Waals surface area (Å²) in [5.74, 6) is 1.65. The van der Waals surface area contributed by atoms with E-state index in [4.69, 9.17) is 4.74 Å². The summed E-state index contributed by atoms with van der Waals surface area (Å²) < 4.78 is 7.17. The molecule has 0 aliphatic carbocycles. The van der Waals surface area contributed by atoms with Crippen molar-refractivity contribution in [2.45, 2.75) is 13.0 Å². The Morgan fingerprint density at radius 1 is 1.12 bits per heavy atom. The van der Waals surface area contributed by atoms with E-state index in [1.165, 1.54) is 0 Å². The summed E-state index contributed by atoms with van der Waals surface area (Å²) in [5, 5.41) is 2.95. The van der Waals surface area contributed by atoms with Crippen molar-refractivity contribution in [3.05, 3.63) is 72.3 Å². The largest absolute Gasteiger partial charge is 0.497 e. The Morgan fingerprint density at radius 2 is 1.82 bits per heavy atom. The maximum atomic E-state index is 12.6. The molecule has 1 fully saturated rings. The number of imidazole rings is 1. The van der Waals surface area contributed by atoms with E-state index in [0.717, 1.165) is 23.7 Å². The van der Waals surface area contributed by atoms with Gasteiger partial charge in [0, 0.05) is 54.8 Å². The summed E-state index contributed by atoms with van der Waals surface area (Å²) in [6.07, 6.45) is 4.15. The number of methoxy groups -OCH3 is 1. The number of carbonyl (C=O) groups excluding carboxylic acids is 2. The molecule has 1 aromatic heterocycles. The fourth-order valence-electron chi connectivity index (χ4n) is 4.01. The van der Waals surface area contributed by atoms with Gasteiger partial charge in [0.1, 0.15) is 11.6 Å². The van der Waals surface area contributed by atoms with Gasteiger partial charge in [0.25, 0.3) is 5.91 Å². The predicted molar refractivity (Wildman–Crippen MR) is 127 cm³/mol. The molecule has 8 heteroatoms. The van der Waals surface area contributed by atoms with Crippen LogP contribution in [0.5, 0.6) is 5.75 Å². The molecule has 3 aromatic rings. The summed E-state index contributed by atoms with van der Waals surface area (Å²) in [6, 6.07) is 14.9. The van der Waals surface area contributed by atoms with Gasteiger partial charge >= 0.3 is 0 Å². The molecule has 4 rings (SSSR count). The minimum absolute atomic E-state index is 0.0692. The Hall–Kier alpha value is -3.65. The van der Waals surface area contributed by atoms with Crippen LogP contribution in [0.1, 0.15) is 22.6 Å². The number of nitrogens with zero attached hydrogens (tertiary/aromatic N) is 4. The first-order valence-electron chi connectivity index (χ1n) is 10.9. The van der Waals surface area contributed by atoms with Gasteiger partial charge in [0.05, 0.1) is 13.7 Å². The van der Waals surface area contributed by atoms with Gasteiger partial charge in [-0.3, -0.25) is 9.59 Å². The molecule has 1 atom stereocenters. The van der Waals surface area contributed by atoms with Crippen LogP contribution >= 0.6 is 0 Å². The van der Waals surface area contributed by atoms with Crippen LogP contribution in [-0.4, -0.2) is 60.6 Å². The lowest BCUT2D eigenvalue weighted by Gasteiger charge is -2.18. The first-order valence-corrected chi connectivity index (χ1v) is 10.9. The molecule has 0 bridgehead atoms. The van der Waals surface area contributed by atoms with Gasteiger partial charge < -0.3 is 24.4 Å². The zero-order chi connectivity index (χ0) is 23.4. The van der Waals surface area contributed by atoms with Crippen molar-refractivity contribution in [3.63, 3.8) is 0 Å². The topological polar surface area (TPSA) is 79.7 Å². The molecule has 8 nitrogen and oxygen atoms in total. The second-order valence-corrected chi connectivity index (χ2v) is 8.48. The molecule has 33 heavy (non-hydrogen) atoms. The number of amides is 2. The maximum Gasteiger partial charge on any atom is 0.251 e. The van der Waals surface area contributed by atoms with E-state index in [1.807, 2.05) is 49.1 Å². The summed E-state index contributed by atoms with van der Waals surface area (Å²) in [7, 11) is 5.61. The van der Waals surface area contributed by atoms with Crippen molar-refractivity contribution in [2.24, 2.45) is 5.92 Å². The van der Waals surface area contributed by atoms with Gasteiger partial charge in [0.15, 0.2) is 0 Å². The minimum Gasteiger partial charge on any atom is -0.497 e. The van der Waals surface area contributed by atoms with E-state index in [1.54, 1.807) is 42.5 Å². The lowest BCUT2D eigenvalue weighted by molar-refractivity contribution is -0.117. The molecule has 0 spiro atoms. The van der Waals surface area contributed by atoms with E-state index in [9.17, 15) is 9.59 Å². The average molecular weight is 448 g/mol. The minimum atomic E-state index is -0.151. The van der Waals surface area contributed by atoms with E-state index in [2.05, 4.69) is 15.2 Å². The Morgan fingerprint density at radius 3 is 2.48 bits per heavy atom. The van der Waals surface area contributed by atoms with Gasteiger partial charge in [0.2, 0.25) is 5.91 Å². The highest BCUT2D eigenvalue weighted by Crippen LogP contribution is 2.26. The molecule has 0 radical (unpaired) electrons. The first-order chi connectivity index (χ1) is 15.9. The monoisotopic (exact) mass is 447 g/mol. The van der Waals surface area contributed by atoms with Crippen molar-refractivity contribution < 1.29 is 14.3 Å². The molecular formula is C25H29N5O3. The molecule has 2 heterocycles. The van der Waals surface area contributed by atoms with Crippen LogP contribution < -0.4 is 15.0 Å². The molecule has 0 saturated carbocycles. The zero-order valence-electron chi connectivity index (χ0n) is 19.2.